The summed E-state index contributed by atoms with van der Waals surface area (Å²) >= 11 is 0. The summed E-state index contributed by atoms with van der Waals surface area (Å²) in [5.74, 6) is 3.54. The monoisotopic (exact) mass is 1960 g/mol. The van der Waals surface area contributed by atoms with Crippen LogP contribution in [-0.2, 0) is 92.5 Å². The fourth-order valence-electron chi connectivity index (χ4n) is 21.9. The number of imidazole rings is 4. The standard InChI is InChI=1S/2C27H28F2N6O2.2C26H27FN6O2/c2*1-15-27(36)33(2)14-22-24(31-26(35(15)22)16-8-11-37-12-9-16)17-5-4-6-20-18(17)13-19(25(28)29)23(30-20)21-7-10-34(3)32-21;2*1-15-26(34)31(2)14-22-24(29-25(33(15)22)16-7-10-35-11-8-16)23-18-13-28-21(20-6-9-32(3)30-20)12-17(18)4-5-19(23)27/h2*4-7,10,13,15-16,25H,8-9,11-12,14H2,1-3H3;2*4-6,9,12-13,15-16H,7-8,10-11,14H2,1-3H3/t2*15-;;/m10../s1. The fourth-order valence-corrected chi connectivity index (χ4v) is 21.9. The number of amides is 4. The lowest BCUT2D eigenvalue weighted by atomic mass is 9.98. The SMILES string of the molecule is CC1C(=O)N(C)Cc2c(-c3c(F)ccc4cc(-c5ccn(C)n5)ncc34)nc(C3CCOCC3)n21.CC1C(=O)N(C)Cc2c(-c3c(F)ccc4cc(-c5ccn(C)n5)ncc34)nc(C3CCOCC3)n21.C[C@@H]1C(=O)N(C)Cc2c(-c3cccc4nc(-c5ccn(C)n5)c(C(F)F)cc34)nc(C3CCOCC3)n21.C[C@H]1C(=O)N(C)Cc2c(-c3cccc4nc(-c5ccn(C)n5)c(C(F)F)cc34)nc(C3CCOCC3)n21. The van der Waals surface area contributed by atoms with Gasteiger partial charge in [0, 0.05) is 225 Å². The number of nitrogens with zero attached hydrogens (tertiary/aromatic N) is 24. The Hall–Kier alpha value is -14.5. The van der Waals surface area contributed by atoms with E-state index in [1.54, 1.807) is 130 Å². The predicted octanol–water partition coefficient (Wildman–Crippen LogP) is 17.9. The van der Waals surface area contributed by atoms with E-state index in [0.29, 0.717) is 157 Å². The Balaban J connectivity index is 0.000000113. The number of hydrogen-bond acceptors (Lipinski definition) is 20. The summed E-state index contributed by atoms with van der Waals surface area (Å²) in [6.07, 6.45) is 11.8. The first-order valence-corrected chi connectivity index (χ1v) is 48.9. The third kappa shape index (κ3) is 17.5. The lowest BCUT2D eigenvalue weighted by Gasteiger charge is -2.32. The van der Waals surface area contributed by atoms with Crippen molar-refractivity contribution < 1.29 is 64.5 Å². The normalized spacial score (nSPS) is 18.8. The van der Waals surface area contributed by atoms with Crippen LogP contribution in [0.3, 0.4) is 0 Å². The Bertz CT molecular complexity index is 7250. The summed E-state index contributed by atoms with van der Waals surface area (Å²) < 4.78 is 125. The van der Waals surface area contributed by atoms with E-state index >= 15 is 8.78 Å². The zero-order valence-corrected chi connectivity index (χ0v) is 82.0. The van der Waals surface area contributed by atoms with Crippen LogP contribution in [0.2, 0.25) is 0 Å². The van der Waals surface area contributed by atoms with Gasteiger partial charge in [-0.25, -0.2) is 56.2 Å². The molecule has 0 spiro atoms. The lowest BCUT2D eigenvalue weighted by molar-refractivity contribution is -0.136. The van der Waals surface area contributed by atoms with Crippen LogP contribution in [0.5, 0.6) is 0 Å². The van der Waals surface area contributed by atoms with Gasteiger partial charge in [0.25, 0.3) is 12.9 Å². The summed E-state index contributed by atoms with van der Waals surface area (Å²) in [5, 5.41) is 21.8. The number of fused-ring (bicyclic) bond motifs is 8. The second-order valence-corrected chi connectivity index (χ2v) is 38.7. The summed E-state index contributed by atoms with van der Waals surface area (Å²) in [4.78, 5) is 97.2. The largest absolute Gasteiger partial charge is 0.381 e. The third-order valence-corrected chi connectivity index (χ3v) is 29.3. The van der Waals surface area contributed by atoms with Gasteiger partial charge in [0.05, 0.1) is 94.2 Å². The number of aromatic nitrogens is 20. The Morgan fingerprint density at radius 2 is 0.604 bits per heavy atom. The lowest BCUT2D eigenvalue weighted by Crippen LogP contribution is -2.40. The molecule has 0 bridgehead atoms. The molecular formula is C106H110F6N24O8. The van der Waals surface area contributed by atoms with Crippen molar-refractivity contribution in [2.24, 2.45) is 28.2 Å². The van der Waals surface area contributed by atoms with Crippen molar-refractivity contribution in [1.82, 2.24) is 117 Å². The van der Waals surface area contributed by atoms with E-state index in [1.807, 2.05) is 124 Å². The van der Waals surface area contributed by atoms with Gasteiger partial charge < -0.3 is 56.8 Å². The van der Waals surface area contributed by atoms with Crippen molar-refractivity contribution in [3.8, 4) is 90.6 Å². The summed E-state index contributed by atoms with van der Waals surface area (Å²) in [6, 6.07) is 30.2. The zero-order chi connectivity index (χ0) is 100. The maximum absolute atomic E-state index is 15.5. The van der Waals surface area contributed by atoms with Crippen LogP contribution in [0.1, 0.15) is 197 Å². The van der Waals surface area contributed by atoms with Crippen molar-refractivity contribution in [3.05, 3.63) is 215 Å². The van der Waals surface area contributed by atoms with Gasteiger partial charge in [0.15, 0.2) is 0 Å². The smallest absolute Gasteiger partial charge is 0.266 e. The zero-order valence-electron chi connectivity index (χ0n) is 82.0. The van der Waals surface area contributed by atoms with Crippen molar-refractivity contribution in [3.63, 3.8) is 0 Å². The van der Waals surface area contributed by atoms with E-state index in [-0.39, 0.29) is 81.4 Å². The van der Waals surface area contributed by atoms with E-state index in [9.17, 15) is 36.7 Å². The number of ether oxygens (including phenoxy) is 4. The maximum Gasteiger partial charge on any atom is 0.266 e. The number of carbonyl (C=O) groups excluding carboxylic acids is 4. The van der Waals surface area contributed by atoms with Gasteiger partial charge in [-0.3, -0.25) is 47.9 Å². The number of halogens is 6. The highest BCUT2D eigenvalue weighted by molar-refractivity contribution is 6.02. The first kappa shape index (κ1) is 95.7. The number of hydrogen-bond donors (Lipinski definition) is 0. The molecule has 0 saturated carbocycles. The highest BCUT2D eigenvalue weighted by Crippen LogP contribution is 2.49. The molecule has 744 valence electrons. The van der Waals surface area contributed by atoms with Crippen LogP contribution < -0.4 is 0 Å². The van der Waals surface area contributed by atoms with Crippen LogP contribution in [0.25, 0.3) is 134 Å². The Kier molecular flexibility index (Phi) is 25.9. The quantitative estimate of drug-likeness (QED) is 0.0913. The molecule has 144 heavy (non-hydrogen) atoms. The molecule has 2 unspecified atom stereocenters. The second kappa shape index (κ2) is 39.0. The van der Waals surface area contributed by atoms with Crippen LogP contribution in [-0.4, -0.2) is 222 Å². The molecule has 4 aromatic carbocycles. The molecular weight excluding hydrogens is 1850 g/mol. The molecule has 4 fully saturated rings. The number of benzene rings is 4. The Morgan fingerprint density at radius 3 is 0.889 bits per heavy atom. The van der Waals surface area contributed by atoms with Gasteiger partial charge in [-0.05, 0) is 163 Å². The number of carbonyl (C=O) groups is 4. The molecule has 24 rings (SSSR count). The van der Waals surface area contributed by atoms with Crippen LogP contribution in [0.4, 0.5) is 26.3 Å². The highest BCUT2D eigenvalue weighted by Gasteiger charge is 2.43. The number of pyridine rings is 4. The Labute approximate surface area is 825 Å². The molecule has 8 aliphatic rings. The van der Waals surface area contributed by atoms with Crippen molar-refractivity contribution >= 4 is 67.0 Å². The first-order chi connectivity index (χ1) is 69.5. The van der Waals surface area contributed by atoms with Gasteiger partial charge >= 0.3 is 0 Å². The van der Waals surface area contributed by atoms with Crippen LogP contribution in [0, 0.1) is 11.6 Å². The number of likely N-dealkylation sites (N-methyl/N-ethyl adjacent to an activating group) is 4. The molecule has 4 amide bonds. The first-order valence-electron chi connectivity index (χ1n) is 48.9. The molecule has 4 atom stereocenters. The fraction of sp³-hybridized carbons (Fsp3) is 0.396. The van der Waals surface area contributed by atoms with E-state index in [4.69, 9.17) is 38.9 Å². The van der Waals surface area contributed by atoms with Crippen molar-refractivity contribution in [1.29, 1.82) is 0 Å². The second-order valence-electron chi connectivity index (χ2n) is 38.7. The molecule has 4 saturated heterocycles. The minimum absolute atomic E-state index is 0.0318. The van der Waals surface area contributed by atoms with E-state index in [1.165, 1.54) is 24.3 Å². The molecule has 12 aromatic heterocycles. The highest BCUT2D eigenvalue weighted by atomic mass is 19.3. The van der Waals surface area contributed by atoms with Crippen molar-refractivity contribution in [2.45, 2.75) is 166 Å². The van der Waals surface area contributed by atoms with Crippen molar-refractivity contribution in [2.75, 3.05) is 81.0 Å². The minimum atomic E-state index is -2.72. The topological polar surface area (TPSA) is 312 Å². The number of aryl methyl sites for hydroxylation is 4. The maximum atomic E-state index is 15.5. The van der Waals surface area contributed by atoms with Gasteiger partial charge in [-0.15, -0.1) is 0 Å². The number of alkyl halides is 4. The predicted molar refractivity (Wildman–Crippen MR) is 526 cm³/mol. The summed E-state index contributed by atoms with van der Waals surface area (Å²) in [6.45, 7) is 14.4. The molecule has 0 aliphatic carbocycles. The van der Waals surface area contributed by atoms with Gasteiger partial charge in [-0.2, -0.15) is 20.4 Å². The molecule has 0 N–H and O–H groups in total. The van der Waals surface area contributed by atoms with E-state index < -0.39 is 37.0 Å². The third-order valence-electron chi connectivity index (χ3n) is 29.3. The minimum Gasteiger partial charge on any atom is -0.381 e. The van der Waals surface area contributed by atoms with Gasteiger partial charge in [0.1, 0.15) is 93.3 Å². The van der Waals surface area contributed by atoms with Gasteiger partial charge in [-0.1, -0.05) is 36.4 Å². The van der Waals surface area contributed by atoms with Crippen LogP contribution >= 0.6 is 0 Å². The molecule has 0 radical (unpaired) electrons. The number of rotatable bonds is 14. The van der Waals surface area contributed by atoms with E-state index in [0.717, 1.165) is 142 Å². The van der Waals surface area contributed by atoms with E-state index in [2.05, 4.69) is 49.5 Å². The molecule has 32 nitrogen and oxygen atoms in total. The van der Waals surface area contributed by atoms with Crippen LogP contribution in [0.15, 0.2) is 146 Å². The summed E-state index contributed by atoms with van der Waals surface area (Å²) in [5.41, 5.74) is 13.5. The average Bonchev–Trinajstić information content (AvgIpc) is 1.59. The molecule has 20 heterocycles. The van der Waals surface area contributed by atoms with Gasteiger partial charge in [0.2, 0.25) is 23.6 Å². The average molecular weight is 1960 g/mol. The molecule has 16 aromatic rings. The molecule has 8 aliphatic heterocycles. The molecule has 38 heteroatoms. The Morgan fingerprint density at radius 1 is 0.319 bits per heavy atom. The summed E-state index contributed by atoms with van der Waals surface area (Å²) in [7, 11) is 14.3.